The summed E-state index contributed by atoms with van der Waals surface area (Å²) in [6, 6.07) is 0. The number of nitrogens with zero attached hydrogens (tertiary/aromatic N) is 2. The molecule has 4 nitrogen and oxygen atoms in total. The van der Waals surface area contributed by atoms with E-state index < -0.39 is 0 Å². The Morgan fingerprint density at radius 3 is 2.75 bits per heavy atom. The molecule has 0 aliphatic carbocycles. The Morgan fingerprint density at radius 2 is 2.19 bits per heavy atom. The fourth-order valence-electron chi connectivity index (χ4n) is 1.81. The van der Waals surface area contributed by atoms with Gasteiger partial charge in [0.1, 0.15) is 5.76 Å². The number of hydrogen-bond donors (Lipinski definition) is 1. The number of hydrogen-bond acceptors (Lipinski definition) is 4. The fourth-order valence-corrected chi connectivity index (χ4v) is 1.81. The van der Waals surface area contributed by atoms with Gasteiger partial charge < -0.3 is 9.52 Å². The molecule has 1 N–H and O–H groups in total. The summed E-state index contributed by atoms with van der Waals surface area (Å²) in [5.74, 6) is 1.31. The first-order valence-corrected chi connectivity index (χ1v) is 5.94. The molecule has 92 valence electrons. The molecule has 1 aromatic heterocycles. The van der Waals surface area contributed by atoms with Gasteiger partial charge in [0.2, 0.25) is 0 Å². The molecule has 1 heterocycles. The van der Waals surface area contributed by atoms with Gasteiger partial charge in [-0.05, 0) is 13.0 Å². The van der Waals surface area contributed by atoms with Crippen LogP contribution in [0.4, 0.5) is 0 Å². The molecule has 0 saturated carbocycles. The number of aliphatic hydroxyl groups excluding tert-OH is 1. The Labute approximate surface area is 97.3 Å². The molecule has 0 aliphatic rings. The summed E-state index contributed by atoms with van der Waals surface area (Å²) in [6.45, 7) is 8.95. The Kier molecular flexibility index (Phi) is 5.49. The second kappa shape index (κ2) is 6.66. The van der Waals surface area contributed by atoms with Gasteiger partial charge in [0.25, 0.3) is 0 Å². The normalized spacial score (nSPS) is 11.6. The SMILES string of the molecule is CCCN(CCO)Cc1ncoc1C(C)C. The highest BCUT2D eigenvalue weighted by atomic mass is 16.3. The first kappa shape index (κ1) is 13.2. The molecule has 0 atom stereocenters. The van der Waals surface area contributed by atoms with Crippen molar-refractivity contribution in [2.75, 3.05) is 19.7 Å². The van der Waals surface area contributed by atoms with E-state index >= 15 is 0 Å². The van der Waals surface area contributed by atoms with Gasteiger partial charge in [-0.1, -0.05) is 20.8 Å². The van der Waals surface area contributed by atoms with E-state index in [1.807, 2.05) is 0 Å². The molecule has 0 saturated heterocycles. The number of rotatable bonds is 7. The molecule has 0 spiro atoms. The summed E-state index contributed by atoms with van der Waals surface area (Å²) >= 11 is 0. The number of aliphatic hydroxyl groups is 1. The summed E-state index contributed by atoms with van der Waals surface area (Å²) in [7, 11) is 0. The molecule has 0 amide bonds. The van der Waals surface area contributed by atoms with Crippen LogP contribution in [0, 0.1) is 0 Å². The van der Waals surface area contributed by atoms with Gasteiger partial charge in [-0.3, -0.25) is 4.90 Å². The van der Waals surface area contributed by atoms with E-state index in [9.17, 15) is 0 Å². The number of oxazole rings is 1. The molecular formula is C12H22N2O2. The lowest BCUT2D eigenvalue weighted by atomic mass is 10.1. The van der Waals surface area contributed by atoms with Crippen molar-refractivity contribution in [2.24, 2.45) is 0 Å². The third-order valence-electron chi connectivity index (χ3n) is 2.53. The minimum absolute atomic E-state index is 0.189. The van der Waals surface area contributed by atoms with Crippen LogP contribution in [0.15, 0.2) is 10.8 Å². The maximum atomic E-state index is 8.98. The van der Waals surface area contributed by atoms with Crippen molar-refractivity contribution in [1.29, 1.82) is 0 Å². The van der Waals surface area contributed by atoms with Crippen LogP contribution >= 0.6 is 0 Å². The molecule has 0 unspecified atom stereocenters. The van der Waals surface area contributed by atoms with Crippen molar-refractivity contribution < 1.29 is 9.52 Å². The molecule has 0 radical (unpaired) electrons. The summed E-state index contributed by atoms with van der Waals surface area (Å²) in [5.41, 5.74) is 0.997. The average Bonchev–Trinajstić information content (AvgIpc) is 2.66. The van der Waals surface area contributed by atoms with Crippen LogP contribution < -0.4 is 0 Å². The van der Waals surface area contributed by atoms with Gasteiger partial charge in [-0.25, -0.2) is 4.98 Å². The van der Waals surface area contributed by atoms with Crippen LogP contribution in [0.2, 0.25) is 0 Å². The zero-order chi connectivity index (χ0) is 12.0. The van der Waals surface area contributed by atoms with Crippen molar-refractivity contribution in [2.45, 2.75) is 39.7 Å². The maximum absolute atomic E-state index is 8.98. The zero-order valence-corrected chi connectivity index (χ0v) is 10.4. The third-order valence-corrected chi connectivity index (χ3v) is 2.53. The van der Waals surface area contributed by atoms with E-state index in [4.69, 9.17) is 9.52 Å². The highest BCUT2D eigenvalue weighted by Crippen LogP contribution is 2.19. The van der Waals surface area contributed by atoms with Crippen molar-refractivity contribution >= 4 is 0 Å². The topological polar surface area (TPSA) is 49.5 Å². The van der Waals surface area contributed by atoms with Gasteiger partial charge in [0.05, 0.1) is 12.3 Å². The molecule has 0 fully saturated rings. The highest BCUT2D eigenvalue weighted by Gasteiger charge is 2.14. The van der Waals surface area contributed by atoms with Gasteiger partial charge in [0, 0.05) is 19.0 Å². The Hall–Kier alpha value is -0.870. The van der Waals surface area contributed by atoms with Crippen molar-refractivity contribution in [3.05, 3.63) is 17.8 Å². The van der Waals surface area contributed by atoms with Gasteiger partial charge >= 0.3 is 0 Å². The lowest BCUT2D eigenvalue weighted by Gasteiger charge is -2.19. The maximum Gasteiger partial charge on any atom is 0.181 e. The van der Waals surface area contributed by atoms with E-state index in [0.29, 0.717) is 12.5 Å². The first-order valence-electron chi connectivity index (χ1n) is 5.94. The summed E-state index contributed by atoms with van der Waals surface area (Å²) in [6.07, 6.45) is 2.59. The predicted molar refractivity (Wildman–Crippen MR) is 63.2 cm³/mol. The van der Waals surface area contributed by atoms with Crippen LogP contribution in [0.5, 0.6) is 0 Å². The molecular weight excluding hydrogens is 204 g/mol. The molecule has 1 rings (SSSR count). The Bertz CT molecular complexity index is 291. The van der Waals surface area contributed by atoms with Crippen molar-refractivity contribution in [3.63, 3.8) is 0 Å². The van der Waals surface area contributed by atoms with Gasteiger partial charge in [0.15, 0.2) is 6.39 Å². The Morgan fingerprint density at radius 1 is 1.44 bits per heavy atom. The quantitative estimate of drug-likeness (QED) is 0.772. The summed E-state index contributed by atoms with van der Waals surface area (Å²) in [4.78, 5) is 6.45. The second-order valence-electron chi connectivity index (χ2n) is 4.32. The van der Waals surface area contributed by atoms with Crippen LogP contribution in [0.3, 0.4) is 0 Å². The van der Waals surface area contributed by atoms with E-state index in [1.54, 1.807) is 0 Å². The van der Waals surface area contributed by atoms with Crippen molar-refractivity contribution in [3.8, 4) is 0 Å². The minimum atomic E-state index is 0.189. The first-order chi connectivity index (χ1) is 7.69. The van der Waals surface area contributed by atoms with Crippen LogP contribution in [0.25, 0.3) is 0 Å². The molecule has 1 aromatic rings. The Balaban J connectivity index is 2.64. The summed E-state index contributed by atoms with van der Waals surface area (Å²) < 4.78 is 5.38. The van der Waals surface area contributed by atoms with E-state index in [-0.39, 0.29) is 6.61 Å². The summed E-state index contributed by atoms with van der Waals surface area (Å²) in [5, 5.41) is 8.98. The average molecular weight is 226 g/mol. The fraction of sp³-hybridized carbons (Fsp3) is 0.750. The van der Waals surface area contributed by atoms with E-state index in [2.05, 4.69) is 30.7 Å². The second-order valence-corrected chi connectivity index (χ2v) is 4.32. The molecule has 4 heteroatoms. The predicted octanol–water partition coefficient (Wildman–Crippen LogP) is 2.00. The van der Waals surface area contributed by atoms with Gasteiger partial charge in [-0.15, -0.1) is 0 Å². The largest absolute Gasteiger partial charge is 0.448 e. The van der Waals surface area contributed by atoms with Crippen LogP contribution in [-0.4, -0.2) is 34.7 Å². The van der Waals surface area contributed by atoms with Crippen LogP contribution in [0.1, 0.15) is 44.6 Å². The monoisotopic (exact) mass is 226 g/mol. The van der Waals surface area contributed by atoms with Gasteiger partial charge in [-0.2, -0.15) is 0 Å². The van der Waals surface area contributed by atoms with Crippen LogP contribution in [-0.2, 0) is 6.54 Å². The minimum Gasteiger partial charge on any atom is -0.448 e. The lowest BCUT2D eigenvalue weighted by molar-refractivity contribution is 0.188. The highest BCUT2D eigenvalue weighted by molar-refractivity contribution is 5.10. The van der Waals surface area contributed by atoms with E-state index in [1.165, 1.54) is 6.39 Å². The number of aromatic nitrogens is 1. The standard InChI is InChI=1S/C12H22N2O2/c1-4-5-14(6-7-15)8-11-12(10(2)3)16-9-13-11/h9-10,15H,4-8H2,1-3H3. The lowest BCUT2D eigenvalue weighted by Crippen LogP contribution is -2.27. The van der Waals surface area contributed by atoms with E-state index in [0.717, 1.165) is 31.0 Å². The third kappa shape index (κ3) is 3.61. The molecule has 16 heavy (non-hydrogen) atoms. The zero-order valence-electron chi connectivity index (χ0n) is 10.4. The molecule has 0 aliphatic heterocycles. The molecule has 0 aromatic carbocycles. The molecule has 0 bridgehead atoms. The van der Waals surface area contributed by atoms with Crippen molar-refractivity contribution in [1.82, 2.24) is 9.88 Å². The smallest absolute Gasteiger partial charge is 0.181 e.